The Morgan fingerprint density at radius 3 is 2.11 bits per heavy atom. The highest BCUT2D eigenvalue weighted by atomic mass is 32.2. The molecule has 0 aromatic heterocycles. The van der Waals surface area contributed by atoms with Crippen molar-refractivity contribution in [2.24, 2.45) is 0 Å². The van der Waals surface area contributed by atoms with Crippen LogP contribution in [0.3, 0.4) is 0 Å². The van der Waals surface area contributed by atoms with Crippen LogP contribution < -0.4 is 14.7 Å². The van der Waals surface area contributed by atoms with E-state index in [2.05, 4.69) is 9.80 Å². The number of halogens is 3. The number of anilines is 4. The number of ether oxygens (including phenoxy) is 1. The lowest BCUT2D eigenvalue weighted by Gasteiger charge is -2.38. The molecular weight excluding hydrogens is 501 g/mol. The number of hydrogen-bond donors (Lipinski definition) is 0. The van der Waals surface area contributed by atoms with Crippen LogP contribution in [0.2, 0.25) is 0 Å². The number of nitrogens with zero attached hydrogens (tertiary/aromatic N) is 4. The molecule has 3 heterocycles. The molecule has 5 rings (SSSR count). The number of alkyl halides is 3. The Balaban J connectivity index is 1.65. The van der Waals surface area contributed by atoms with Crippen molar-refractivity contribution in [3.8, 4) is 0 Å². The second-order valence-corrected chi connectivity index (χ2v) is 12.0. The minimum absolute atomic E-state index is 0.161. The van der Waals surface area contributed by atoms with Crippen molar-refractivity contribution in [1.29, 1.82) is 0 Å². The number of amides is 1. The van der Waals surface area contributed by atoms with Crippen molar-refractivity contribution in [2.45, 2.75) is 55.2 Å². The van der Waals surface area contributed by atoms with Crippen LogP contribution in [0.5, 0.6) is 0 Å². The maximum absolute atomic E-state index is 14.6. The molecule has 2 saturated heterocycles. The molecule has 0 aliphatic carbocycles. The Morgan fingerprint density at radius 1 is 0.865 bits per heavy atom. The summed E-state index contributed by atoms with van der Waals surface area (Å²) in [6.07, 6.45) is -3.25. The Labute approximate surface area is 220 Å². The Hall–Kier alpha value is -2.59. The van der Waals surface area contributed by atoms with Gasteiger partial charge in [-0.2, -0.15) is 13.2 Å². The van der Waals surface area contributed by atoms with Crippen molar-refractivity contribution in [1.82, 2.24) is 4.90 Å². The van der Waals surface area contributed by atoms with Crippen LogP contribution in [-0.4, -0.2) is 62.9 Å². The first kappa shape index (κ1) is 26.0. The molecule has 1 amide bonds. The van der Waals surface area contributed by atoms with Gasteiger partial charge in [-0.25, -0.2) is 9.69 Å². The molecule has 0 N–H and O–H groups in total. The standard InChI is InChI=1S/C27H33F3N4O2S/c1-26(2,3)36-25(35)34-21-8-7-18(32-9-5-6-10-32)16-22(21)37-23-17-19(33-13-11-31(4)12-14-33)15-20(24(23)34)27(28,29)30/h7-8,15-17H,5-6,9-14H2,1-4H3. The molecule has 3 aliphatic heterocycles. The second-order valence-electron chi connectivity index (χ2n) is 10.9. The number of piperazine rings is 1. The zero-order chi connectivity index (χ0) is 26.5. The fourth-order valence-electron chi connectivity index (χ4n) is 5.04. The maximum Gasteiger partial charge on any atom is 0.419 e. The SMILES string of the molecule is CN1CCN(c2cc3c(c(C(F)(F)F)c2)N(C(=O)OC(C)(C)C)c2ccc(N4CCCC4)cc2S3)CC1. The molecule has 0 spiro atoms. The lowest BCUT2D eigenvalue weighted by atomic mass is 10.1. The predicted molar refractivity (Wildman–Crippen MR) is 142 cm³/mol. The molecule has 3 aliphatic rings. The monoisotopic (exact) mass is 534 g/mol. The normalized spacial score (nSPS) is 18.6. The van der Waals surface area contributed by atoms with Crippen molar-refractivity contribution in [3.63, 3.8) is 0 Å². The minimum atomic E-state index is -4.65. The molecule has 2 fully saturated rings. The van der Waals surface area contributed by atoms with Gasteiger partial charge < -0.3 is 19.4 Å². The molecule has 0 radical (unpaired) electrons. The zero-order valence-corrected chi connectivity index (χ0v) is 22.5. The van der Waals surface area contributed by atoms with Gasteiger partial charge in [0, 0.05) is 60.4 Å². The fraction of sp³-hybridized carbons (Fsp3) is 0.519. The van der Waals surface area contributed by atoms with Crippen LogP contribution >= 0.6 is 11.8 Å². The topological polar surface area (TPSA) is 39.3 Å². The number of rotatable bonds is 2. The van der Waals surface area contributed by atoms with Gasteiger partial charge in [0.15, 0.2) is 0 Å². The van der Waals surface area contributed by atoms with Crippen LogP contribution in [0.15, 0.2) is 40.1 Å². The van der Waals surface area contributed by atoms with E-state index >= 15 is 0 Å². The number of fused-ring (bicyclic) bond motifs is 2. The third-order valence-electron chi connectivity index (χ3n) is 6.91. The van der Waals surface area contributed by atoms with E-state index in [-0.39, 0.29) is 5.69 Å². The summed E-state index contributed by atoms with van der Waals surface area (Å²) in [5.41, 5.74) is 0.0954. The van der Waals surface area contributed by atoms with Gasteiger partial charge in [0.25, 0.3) is 0 Å². The van der Waals surface area contributed by atoms with E-state index < -0.39 is 23.4 Å². The van der Waals surface area contributed by atoms with Crippen molar-refractivity contribution < 1.29 is 22.7 Å². The molecular formula is C27H33F3N4O2S. The summed E-state index contributed by atoms with van der Waals surface area (Å²) in [4.78, 5) is 22.2. The fourth-order valence-corrected chi connectivity index (χ4v) is 6.20. The summed E-state index contributed by atoms with van der Waals surface area (Å²) in [5.74, 6) is 0. The van der Waals surface area contributed by atoms with Gasteiger partial charge in [-0.05, 0) is 71.0 Å². The molecule has 0 atom stereocenters. The van der Waals surface area contributed by atoms with Crippen molar-refractivity contribution in [3.05, 3.63) is 35.9 Å². The molecule has 37 heavy (non-hydrogen) atoms. The van der Waals surface area contributed by atoms with Gasteiger partial charge in [0.2, 0.25) is 0 Å². The van der Waals surface area contributed by atoms with E-state index in [1.807, 2.05) is 24.1 Å². The van der Waals surface area contributed by atoms with Crippen molar-refractivity contribution in [2.75, 3.05) is 61.0 Å². The smallest absolute Gasteiger partial charge is 0.419 e. The Kier molecular flexibility index (Phi) is 6.77. The van der Waals surface area contributed by atoms with E-state index in [0.717, 1.165) is 54.5 Å². The molecule has 0 unspecified atom stereocenters. The van der Waals surface area contributed by atoms with Gasteiger partial charge in [0.05, 0.1) is 16.9 Å². The first-order valence-corrected chi connectivity index (χ1v) is 13.5. The van der Waals surface area contributed by atoms with Crippen LogP contribution in [0.1, 0.15) is 39.2 Å². The number of carbonyl (C=O) groups is 1. The highest BCUT2D eigenvalue weighted by molar-refractivity contribution is 7.99. The average molecular weight is 535 g/mol. The van der Waals surface area contributed by atoms with Crippen LogP contribution in [0.4, 0.5) is 40.7 Å². The molecule has 0 saturated carbocycles. The van der Waals surface area contributed by atoms with Crippen molar-refractivity contribution >= 4 is 40.6 Å². The van der Waals surface area contributed by atoms with E-state index in [1.165, 1.54) is 17.8 Å². The van der Waals surface area contributed by atoms with Gasteiger partial charge in [-0.3, -0.25) is 0 Å². The molecule has 2 aromatic rings. The lowest BCUT2D eigenvalue weighted by Crippen LogP contribution is -2.44. The highest BCUT2D eigenvalue weighted by Crippen LogP contribution is 2.55. The van der Waals surface area contributed by atoms with Gasteiger partial charge in [0.1, 0.15) is 5.60 Å². The summed E-state index contributed by atoms with van der Waals surface area (Å²) in [5, 5.41) is 0. The highest BCUT2D eigenvalue weighted by Gasteiger charge is 2.43. The summed E-state index contributed by atoms with van der Waals surface area (Å²) >= 11 is 1.29. The van der Waals surface area contributed by atoms with E-state index in [0.29, 0.717) is 29.4 Å². The van der Waals surface area contributed by atoms with Crippen LogP contribution in [0.25, 0.3) is 0 Å². The zero-order valence-electron chi connectivity index (χ0n) is 21.7. The molecule has 2 aromatic carbocycles. The number of hydrogen-bond acceptors (Lipinski definition) is 6. The van der Waals surface area contributed by atoms with E-state index in [9.17, 15) is 18.0 Å². The molecule has 0 bridgehead atoms. The van der Waals surface area contributed by atoms with Crippen LogP contribution in [0, 0.1) is 0 Å². The Morgan fingerprint density at radius 2 is 1.49 bits per heavy atom. The molecule has 10 heteroatoms. The third-order valence-corrected chi connectivity index (χ3v) is 7.99. The van der Waals surface area contributed by atoms with Gasteiger partial charge >= 0.3 is 12.3 Å². The second kappa shape index (κ2) is 9.62. The summed E-state index contributed by atoms with van der Waals surface area (Å²) in [7, 11) is 2.01. The summed E-state index contributed by atoms with van der Waals surface area (Å²) in [6, 6.07) is 8.60. The van der Waals surface area contributed by atoms with Crippen LogP contribution in [-0.2, 0) is 10.9 Å². The average Bonchev–Trinajstić information content (AvgIpc) is 3.35. The van der Waals surface area contributed by atoms with Gasteiger partial charge in [-0.15, -0.1) is 0 Å². The largest absolute Gasteiger partial charge is 0.443 e. The summed E-state index contributed by atoms with van der Waals surface area (Å²) in [6.45, 7) is 9.86. The third kappa shape index (κ3) is 5.36. The molecule has 200 valence electrons. The Bertz CT molecular complexity index is 1180. The maximum atomic E-state index is 14.6. The predicted octanol–water partition coefficient (Wildman–Crippen LogP) is 6.60. The van der Waals surface area contributed by atoms with E-state index in [4.69, 9.17) is 4.74 Å². The molecule has 6 nitrogen and oxygen atoms in total. The number of benzene rings is 2. The minimum Gasteiger partial charge on any atom is -0.443 e. The van der Waals surface area contributed by atoms with E-state index in [1.54, 1.807) is 32.9 Å². The first-order valence-electron chi connectivity index (χ1n) is 12.7. The first-order chi connectivity index (χ1) is 17.4. The number of carbonyl (C=O) groups excluding carboxylic acids is 1. The lowest BCUT2D eigenvalue weighted by molar-refractivity contribution is -0.137. The quantitative estimate of drug-likeness (QED) is 0.433. The summed E-state index contributed by atoms with van der Waals surface area (Å²) < 4.78 is 49.4. The van der Waals surface area contributed by atoms with Gasteiger partial charge in [-0.1, -0.05) is 11.8 Å². The number of likely N-dealkylation sites (N-methyl/N-ethyl adjacent to an activating group) is 1.